The van der Waals surface area contributed by atoms with Gasteiger partial charge in [0.15, 0.2) is 0 Å². The average molecular weight is 343 g/mol. The topological polar surface area (TPSA) is 0 Å². The maximum Gasteiger partial charge on any atom is 0.0629 e. The van der Waals surface area contributed by atoms with Crippen molar-refractivity contribution in [3.05, 3.63) is 31.7 Å². The molecule has 68 valence electrons. The standard InChI is InChI=1S/C9H5Cl2IS/c10-4-5-3-7-6(1-2-13-7)8(11)9(5)12/h1-3H,4H2. The third kappa shape index (κ3) is 1.69. The minimum Gasteiger partial charge on any atom is -0.144 e. The number of halogens is 3. The Hall–Kier alpha value is 0.490. The fourth-order valence-electron chi connectivity index (χ4n) is 1.19. The van der Waals surface area contributed by atoms with Crippen LogP contribution in [-0.2, 0) is 5.88 Å². The molecule has 0 radical (unpaired) electrons. The molecule has 0 aliphatic heterocycles. The molecular formula is C9H5Cl2IS. The molecule has 0 saturated heterocycles. The minimum absolute atomic E-state index is 0.520. The van der Waals surface area contributed by atoms with Crippen molar-refractivity contribution >= 4 is 67.2 Å². The summed E-state index contributed by atoms with van der Waals surface area (Å²) in [6.45, 7) is 0. The Morgan fingerprint density at radius 3 is 2.92 bits per heavy atom. The van der Waals surface area contributed by atoms with Gasteiger partial charge < -0.3 is 0 Å². The normalized spacial score (nSPS) is 11.0. The number of hydrogen-bond donors (Lipinski definition) is 0. The van der Waals surface area contributed by atoms with Crippen LogP contribution in [0.1, 0.15) is 5.56 Å². The number of alkyl halides is 1. The second-order valence-corrected chi connectivity index (χ2v) is 5.30. The zero-order chi connectivity index (χ0) is 9.42. The van der Waals surface area contributed by atoms with E-state index < -0.39 is 0 Å². The Morgan fingerprint density at radius 1 is 1.46 bits per heavy atom. The van der Waals surface area contributed by atoms with Crippen LogP contribution >= 0.6 is 57.1 Å². The summed E-state index contributed by atoms with van der Waals surface area (Å²) in [5.41, 5.74) is 1.11. The molecule has 0 aliphatic rings. The molecule has 0 spiro atoms. The van der Waals surface area contributed by atoms with Crippen LogP contribution in [0.3, 0.4) is 0 Å². The van der Waals surface area contributed by atoms with E-state index in [1.165, 1.54) is 4.70 Å². The monoisotopic (exact) mass is 342 g/mol. The van der Waals surface area contributed by atoms with Gasteiger partial charge in [-0.2, -0.15) is 0 Å². The Balaban J connectivity index is 2.83. The summed E-state index contributed by atoms with van der Waals surface area (Å²) < 4.78 is 2.28. The first kappa shape index (κ1) is 10.0. The molecule has 0 bridgehead atoms. The van der Waals surface area contributed by atoms with E-state index in [0.717, 1.165) is 19.5 Å². The Morgan fingerprint density at radius 2 is 2.23 bits per heavy atom. The molecule has 2 aromatic rings. The lowest BCUT2D eigenvalue weighted by atomic mass is 10.2. The van der Waals surface area contributed by atoms with Crippen LogP contribution in [-0.4, -0.2) is 0 Å². The quantitative estimate of drug-likeness (QED) is 0.511. The molecular weight excluding hydrogens is 338 g/mol. The highest BCUT2D eigenvalue weighted by Gasteiger charge is 2.09. The van der Waals surface area contributed by atoms with E-state index in [-0.39, 0.29) is 0 Å². The number of thiophene rings is 1. The van der Waals surface area contributed by atoms with Crippen molar-refractivity contribution in [3.63, 3.8) is 0 Å². The second kappa shape index (κ2) is 3.93. The number of rotatable bonds is 1. The van der Waals surface area contributed by atoms with Gasteiger partial charge in [-0.3, -0.25) is 0 Å². The largest absolute Gasteiger partial charge is 0.144 e. The molecule has 0 N–H and O–H groups in total. The molecule has 1 aromatic heterocycles. The highest BCUT2D eigenvalue weighted by atomic mass is 127. The molecule has 0 saturated carbocycles. The van der Waals surface area contributed by atoms with E-state index in [4.69, 9.17) is 23.2 Å². The van der Waals surface area contributed by atoms with E-state index >= 15 is 0 Å². The predicted molar refractivity (Wildman–Crippen MR) is 69.1 cm³/mol. The Labute approximate surface area is 104 Å². The molecule has 2 rings (SSSR count). The molecule has 0 nitrogen and oxygen atoms in total. The lowest BCUT2D eigenvalue weighted by Crippen LogP contribution is -1.85. The van der Waals surface area contributed by atoms with Gasteiger partial charge in [0.2, 0.25) is 0 Å². The summed E-state index contributed by atoms with van der Waals surface area (Å²) in [6.07, 6.45) is 0. The van der Waals surface area contributed by atoms with Crippen molar-refractivity contribution in [2.75, 3.05) is 0 Å². The Bertz CT molecular complexity index is 450. The smallest absolute Gasteiger partial charge is 0.0629 e. The van der Waals surface area contributed by atoms with Gasteiger partial charge in [0.1, 0.15) is 0 Å². The summed E-state index contributed by atoms with van der Waals surface area (Å²) in [5.74, 6) is 0.520. The van der Waals surface area contributed by atoms with Crippen LogP contribution in [0.15, 0.2) is 17.5 Å². The first-order valence-electron chi connectivity index (χ1n) is 3.64. The number of benzene rings is 1. The van der Waals surface area contributed by atoms with Crippen LogP contribution < -0.4 is 0 Å². The summed E-state index contributed by atoms with van der Waals surface area (Å²) in [6, 6.07) is 4.16. The van der Waals surface area contributed by atoms with Gasteiger partial charge in [-0.25, -0.2) is 0 Å². The van der Waals surface area contributed by atoms with Crippen molar-refractivity contribution < 1.29 is 0 Å². The average Bonchev–Trinajstić information content (AvgIpc) is 2.59. The van der Waals surface area contributed by atoms with Gasteiger partial charge >= 0.3 is 0 Å². The van der Waals surface area contributed by atoms with Crippen molar-refractivity contribution in [1.29, 1.82) is 0 Å². The molecule has 0 atom stereocenters. The summed E-state index contributed by atoms with van der Waals surface area (Å²) in [4.78, 5) is 0. The lowest BCUT2D eigenvalue weighted by Gasteiger charge is -2.03. The minimum atomic E-state index is 0.520. The molecule has 0 aliphatic carbocycles. The van der Waals surface area contributed by atoms with Gasteiger partial charge in [0.05, 0.1) is 5.02 Å². The SMILES string of the molecule is ClCc1cc2sccc2c(Cl)c1I. The third-order valence-corrected chi connectivity index (χ3v) is 4.95. The van der Waals surface area contributed by atoms with E-state index in [1.807, 2.05) is 11.4 Å². The zero-order valence-corrected chi connectivity index (χ0v) is 11.0. The summed E-state index contributed by atoms with van der Waals surface area (Å²) in [7, 11) is 0. The zero-order valence-electron chi connectivity index (χ0n) is 6.48. The van der Waals surface area contributed by atoms with Crippen LogP contribution in [0.2, 0.25) is 5.02 Å². The number of fused-ring (bicyclic) bond motifs is 1. The van der Waals surface area contributed by atoms with Crippen LogP contribution in [0, 0.1) is 3.57 Å². The van der Waals surface area contributed by atoms with E-state index in [0.29, 0.717) is 5.88 Å². The van der Waals surface area contributed by atoms with Crippen molar-refractivity contribution in [1.82, 2.24) is 0 Å². The molecule has 4 heteroatoms. The molecule has 0 fully saturated rings. The first-order valence-corrected chi connectivity index (χ1v) is 6.51. The molecule has 1 heterocycles. The van der Waals surface area contributed by atoms with Gasteiger partial charge in [0.25, 0.3) is 0 Å². The molecule has 0 amide bonds. The van der Waals surface area contributed by atoms with Crippen molar-refractivity contribution in [2.24, 2.45) is 0 Å². The van der Waals surface area contributed by atoms with E-state index in [9.17, 15) is 0 Å². The maximum absolute atomic E-state index is 6.19. The summed E-state index contributed by atoms with van der Waals surface area (Å²) >= 11 is 15.9. The van der Waals surface area contributed by atoms with Crippen LogP contribution in [0.4, 0.5) is 0 Å². The van der Waals surface area contributed by atoms with Crippen molar-refractivity contribution in [2.45, 2.75) is 5.88 Å². The molecule has 13 heavy (non-hydrogen) atoms. The van der Waals surface area contributed by atoms with Gasteiger partial charge in [0, 0.05) is 19.5 Å². The highest BCUT2D eigenvalue weighted by molar-refractivity contribution is 14.1. The summed E-state index contributed by atoms with van der Waals surface area (Å²) in [5, 5.41) is 4.00. The van der Waals surface area contributed by atoms with E-state index in [2.05, 4.69) is 28.7 Å². The fraction of sp³-hybridized carbons (Fsp3) is 0.111. The van der Waals surface area contributed by atoms with Gasteiger partial charge in [-0.15, -0.1) is 22.9 Å². The predicted octanol–water partition coefficient (Wildman–Crippen LogP) is 4.90. The Kier molecular flexibility index (Phi) is 3.03. The van der Waals surface area contributed by atoms with Crippen LogP contribution in [0.5, 0.6) is 0 Å². The molecule has 1 aromatic carbocycles. The number of hydrogen-bond acceptors (Lipinski definition) is 1. The molecule has 0 unspecified atom stereocenters. The van der Waals surface area contributed by atoms with Gasteiger partial charge in [-0.1, -0.05) is 11.6 Å². The first-order chi connectivity index (χ1) is 6.24. The van der Waals surface area contributed by atoms with Crippen LogP contribution in [0.25, 0.3) is 10.1 Å². The maximum atomic E-state index is 6.19. The van der Waals surface area contributed by atoms with Gasteiger partial charge in [-0.05, 0) is 45.7 Å². The third-order valence-electron chi connectivity index (χ3n) is 1.86. The lowest BCUT2D eigenvalue weighted by molar-refractivity contribution is 1.40. The van der Waals surface area contributed by atoms with Crippen molar-refractivity contribution in [3.8, 4) is 0 Å². The highest BCUT2D eigenvalue weighted by Crippen LogP contribution is 2.34. The second-order valence-electron chi connectivity index (χ2n) is 2.63. The fourth-order valence-corrected chi connectivity index (χ4v) is 3.47. The van der Waals surface area contributed by atoms with E-state index in [1.54, 1.807) is 11.3 Å².